The van der Waals surface area contributed by atoms with Gasteiger partial charge in [-0.2, -0.15) is 0 Å². The summed E-state index contributed by atoms with van der Waals surface area (Å²) in [6.07, 6.45) is 2.72. The molecule has 0 saturated carbocycles. The lowest BCUT2D eigenvalue weighted by atomic mass is 10.1. The van der Waals surface area contributed by atoms with Crippen molar-refractivity contribution in [1.29, 1.82) is 0 Å². The average Bonchev–Trinajstić information content (AvgIpc) is 2.59. The summed E-state index contributed by atoms with van der Waals surface area (Å²) in [5.74, 6) is -0.569. The van der Waals surface area contributed by atoms with Crippen LogP contribution in [0.5, 0.6) is 11.5 Å². The Balaban J connectivity index is 1.91. The molecule has 0 atom stereocenters. The summed E-state index contributed by atoms with van der Waals surface area (Å²) in [4.78, 5) is 23.4. The normalized spacial score (nSPS) is 10.5. The van der Waals surface area contributed by atoms with E-state index >= 15 is 0 Å². The smallest absolute Gasteiger partial charge is 0.331 e. The number of ketones is 1. The molecule has 0 spiro atoms. The van der Waals surface area contributed by atoms with Gasteiger partial charge in [0.1, 0.15) is 0 Å². The molecule has 0 aliphatic rings. The zero-order chi connectivity index (χ0) is 16.7. The second-order valence-corrected chi connectivity index (χ2v) is 4.66. The highest BCUT2D eigenvalue weighted by atomic mass is 16.5. The number of carbonyl (C=O) groups is 2. The van der Waals surface area contributed by atoms with Gasteiger partial charge in [-0.1, -0.05) is 36.4 Å². The average molecular weight is 312 g/mol. The number of aromatic hydroxyl groups is 1. The fourth-order valence-electron chi connectivity index (χ4n) is 1.85. The monoisotopic (exact) mass is 312 g/mol. The Labute approximate surface area is 133 Å². The zero-order valence-corrected chi connectivity index (χ0v) is 12.6. The topological polar surface area (TPSA) is 72.8 Å². The quantitative estimate of drug-likeness (QED) is 0.504. The summed E-state index contributed by atoms with van der Waals surface area (Å²) >= 11 is 0. The first kappa shape index (κ1) is 16.3. The molecule has 0 bridgehead atoms. The van der Waals surface area contributed by atoms with Gasteiger partial charge in [0.2, 0.25) is 0 Å². The Kier molecular flexibility index (Phi) is 5.52. The third kappa shape index (κ3) is 4.71. The van der Waals surface area contributed by atoms with Gasteiger partial charge >= 0.3 is 5.97 Å². The molecule has 2 aromatic carbocycles. The third-order valence-electron chi connectivity index (χ3n) is 3.06. The van der Waals surface area contributed by atoms with Crippen LogP contribution in [0.1, 0.15) is 15.9 Å². The summed E-state index contributed by atoms with van der Waals surface area (Å²) in [7, 11) is 1.44. The molecular formula is C18H16O5. The summed E-state index contributed by atoms with van der Waals surface area (Å²) < 4.78 is 9.88. The van der Waals surface area contributed by atoms with Crippen molar-refractivity contribution in [3.8, 4) is 11.5 Å². The minimum atomic E-state index is -0.624. The van der Waals surface area contributed by atoms with Gasteiger partial charge in [-0.05, 0) is 23.8 Å². The molecule has 0 amide bonds. The van der Waals surface area contributed by atoms with E-state index in [1.165, 1.54) is 25.3 Å². The molecule has 0 unspecified atom stereocenters. The number of rotatable bonds is 6. The van der Waals surface area contributed by atoms with Crippen molar-refractivity contribution in [2.45, 2.75) is 0 Å². The highest BCUT2D eigenvalue weighted by molar-refractivity contribution is 5.98. The second kappa shape index (κ2) is 7.79. The van der Waals surface area contributed by atoms with Crippen molar-refractivity contribution in [1.82, 2.24) is 0 Å². The maximum atomic E-state index is 11.8. The Morgan fingerprint density at radius 2 is 1.87 bits per heavy atom. The number of hydrogen-bond acceptors (Lipinski definition) is 5. The Morgan fingerprint density at radius 3 is 2.57 bits per heavy atom. The lowest BCUT2D eigenvalue weighted by molar-refractivity contribution is -0.136. The van der Waals surface area contributed by atoms with Crippen molar-refractivity contribution in [3.63, 3.8) is 0 Å². The molecule has 0 heterocycles. The van der Waals surface area contributed by atoms with E-state index in [9.17, 15) is 14.7 Å². The van der Waals surface area contributed by atoms with Gasteiger partial charge in [-0.3, -0.25) is 4.79 Å². The number of hydrogen-bond donors (Lipinski definition) is 1. The van der Waals surface area contributed by atoms with Gasteiger partial charge < -0.3 is 14.6 Å². The molecule has 1 N–H and O–H groups in total. The Bertz CT molecular complexity index is 719. The van der Waals surface area contributed by atoms with E-state index < -0.39 is 5.97 Å². The summed E-state index contributed by atoms with van der Waals surface area (Å²) in [6.45, 7) is -0.313. The molecule has 2 aromatic rings. The van der Waals surface area contributed by atoms with E-state index in [4.69, 9.17) is 9.47 Å². The minimum absolute atomic E-state index is 0.0145. The van der Waals surface area contributed by atoms with E-state index in [1.807, 2.05) is 0 Å². The van der Waals surface area contributed by atoms with Gasteiger partial charge in [-0.25, -0.2) is 4.79 Å². The summed E-state index contributed by atoms with van der Waals surface area (Å²) in [5, 5.41) is 9.49. The van der Waals surface area contributed by atoms with E-state index in [0.717, 1.165) is 0 Å². The highest BCUT2D eigenvalue weighted by Gasteiger charge is 2.07. The number of phenols is 1. The van der Waals surface area contributed by atoms with Crippen LogP contribution in [0.3, 0.4) is 0 Å². The molecule has 0 radical (unpaired) electrons. The molecular weight excluding hydrogens is 296 g/mol. The molecule has 0 saturated heterocycles. The van der Waals surface area contributed by atoms with Gasteiger partial charge in [0.25, 0.3) is 0 Å². The number of esters is 1. The van der Waals surface area contributed by atoms with Gasteiger partial charge in [0.15, 0.2) is 23.9 Å². The van der Waals surface area contributed by atoms with Crippen molar-refractivity contribution < 1.29 is 24.2 Å². The fourth-order valence-corrected chi connectivity index (χ4v) is 1.85. The number of ether oxygens (including phenoxy) is 2. The van der Waals surface area contributed by atoms with Gasteiger partial charge in [0.05, 0.1) is 7.11 Å². The van der Waals surface area contributed by atoms with Crippen LogP contribution in [-0.4, -0.2) is 30.6 Å². The molecule has 5 nitrogen and oxygen atoms in total. The van der Waals surface area contributed by atoms with E-state index in [0.29, 0.717) is 16.9 Å². The lowest BCUT2D eigenvalue weighted by Crippen LogP contribution is -2.12. The number of phenolic OH excluding ortho intramolecular Hbond substituents is 1. The predicted octanol–water partition coefficient (Wildman–Crippen LogP) is 2.84. The minimum Gasteiger partial charge on any atom is -0.504 e. The van der Waals surface area contributed by atoms with Crippen LogP contribution in [0, 0.1) is 0 Å². The van der Waals surface area contributed by atoms with Crippen LogP contribution in [-0.2, 0) is 9.53 Å². The molecule has 5 heteroatoms. The second-order valence-electron chi connectivity index (χ2n) is 4.66. The molecule has 118 valence electrons. The highest BCUT2D eigenvalue weighted by Crippen LogP contribution is 2.26. The van der Waals surface area contributed by atoms with E-state index in [2.05, 4.69) is 0 Å². The van der Waals surface area contributed by atoms with Crippen LogP contribution in [0.2, 0.25) is 0 Å². The molecule has 0 aliphatic heterocycles. The maximum absolute atomic E-state index is 11.8. The standard InChI is InChI=1S/C18H16O5/c1-22-17-11-13(7-9-15(17)19)8-10-18(21)23-12-16(20)14-5-3-2-4-6-14/h2-11,19H,12H2,1H3/b10-8+. The van der Waals surface area contributed by atoms with E-state index in [-0.39, 0.29) is 18.1 Å². The predicted molar refractivity (Wildman–Crippen MR) is 85.4 cm³/mol. The Morgan fingerprint density at radius 1 is 1.13 bits per heavy atom. The first-order valence-corrected chi connectivity index (χ1v) is 6.90. The molecule has 0 fully saturated rings. The first-order chi connectivity index (χ1) is 11.1. The van der Waals surface area contributed by atoms with Crippen LogP contribution >= 0.6 is 0 Å². The Hall–Kier alpha value is -3.08. The summed E-state index contributed by atoms with van der Waals surface area (Å²) in [5.41, 5.74) is 1.15. The third-order valence-corrected chi connectivity index (χ3v) is 3.06. The van der Waals surface area contributed by atoms with Crippen LogP contribution in [0.25, 0.3) is 6.08 Å². The molecule has 2 rings (SSSR count). The van der Waals surface area contributed by atoms with Crippen molar-refractivity contribution >= 4 is 17.8 Å². The number of benzene rings is 2. The van der Waals surface area contributed by atoms with Crippen LogP contribution in [0.15, 0.2) is 54.6 Å². The number of Topliss-reactive ketones (excluding diaryl/α,β-unsaturated/α-hetero) is 1. The van der Waals surface area contributed by atoms with Crippen molar-refractivity contribution in [3.05, 3.63) is 65.7 Å². The van der Waals surface area contributed by atoms with Crippen LogP contribution < -0.4 is 4.74 Å². The molecule has 0 aromatic heterocycles. The summed E-state index contributed by atoms with van der Waals surface area (Å²) in [6, 6.07) is 13.3. The first-order valence-electron chi connectivity index (χ1n) is 6.90. The fraction of sp³-hybridized carbons (Fsp3) is 0.111. The van der Waals surface area contributed by atoms with Crippen molar-refractivity contribution in [2.24, 2.45) is 0 Å². The maximum Gasteiger partial charge on any atom is 0.331 e. The van der Waals surface area contributed by atoms with Gasteiger partial charge in [-0.15, -0.1) is 0 Å². The number of methoxy groups -OCH3 is 1. The SMILES string of the molecule is COc1cc(/C=C/C(=O)OCC(=O)c2ccccc2)ccc1O. The molecule has 23 heavy (non-hydrogen) atoms. The zero-order valence-electron chi connectivity index (χ0n) is 12.6. The van der Waals surface area contributed by atoms with Crippen LogP contribution in [0.4, 0.5) is 0 Å². The lowest BCUT2D eigenvalue weighted by Gasteiger charge is -2.04. The van der Waals surface area contributed by atoms with Gasteiger partial charge in [0, 0.05) is 11.6 Å². The number of carbonyl (C=O) groups excluding carboxylic acids is 2. The van der Waals surface area contributed by atoms with E-state index in [1.54, 1.807) is 42.5 Å². The largest absolute Gasteiger partial charge is 0.504 e. The van der Waals surface area contributed by atoms with Crippen molar-refractivity contribution in [2.75, 3.05) is 13.7 Å². The molecule has 0 aliphatic carbocycles.